The van der Waals surface area contributed by atoms with E-state index in [9.17, 15) is 9.59 Å². The van der Waals surface area contributed by atoms with Crippen molar-refractivity contribution in [3.8, 4) is 0 Å². The molecule has 0 unspecified atom stereocenters. The van der Waals surface area contributed by atoms with E-state index in [0.29, 0.717) is 0 Å². The first-order valence-corrected chi connectivity index (χ1v) is 7.86. The number of benzene rings is 2. The summed E-state index contributed by atoms with van der Waals surface area (Å²) in [4.78, 5) is 25.7. The third-order valence-corrected chi connectivity index (χ3v) is 3.77. The minimum atomic E-state index is -0.206. The predicted molar refractivity (Wildman–Crippen MR) is 104 cm³/mol. The summed E-state index contributed by atoms with van der Waals surface area (Å²) < 4.78 is 0. The van der Waals surface area contributed by atoms with Crippen molar-refractivity contribution in [2.75, 3.05) is 30.8 Å². The number of rotatable bonds is 6. The van der Waals surface area contributed by atoms with Crippen molar-refractivity contribution < 1.29 is 9.59 Å². The van der Waals surface area contributed by atoms with Gasteiger partial charge in [0.25, 0.3) is 0 Å². The maximum absolute atomic E-state index is 12.2. The summed E-state index contributed by atoms with van der Waals surface area (Å²) in [7, 11) is 1.62. The first kappa shape index (κ1) is 20.5. The number of aryl methyl sites for hydroxylation is 2. The maximum Gasteiger partial charge on any atom is 0.243 e. The molecule has 0 aromatic heterocycles. The predicted octanol–water partition coefficient (Wildman–Crippen LogP) is 3.23. The van der Waals surface area contributed by atoms with Gasteiger partial charge in [-0.25, -0.2) is 0 Å². The highest BCUT2D eigenvalue weighted by molar-refractivity contribution is 5.96. The molecule has 0 aliphatic rings. The molecule has 6 heteroatoms. The minimum absolute atomic E-state index is 0. The highest BCUT2D eigenvalue weighted by Crippen LogP contribution is 2.19. The molecule has 0 atom stereocenters. The van der Waals surface area contributed by atoms with Gasteiger partial charge in [-0.3, -0.25) is 9.59 Å². The second-order valence-corrected chi connectivity index (χ2v) is 5.78. The number of likely N-dealkylation sites (N-methyl/N-ethyl adjacent to an activating group) is 1. The number of nitrogens with zero attached hydrogens (tertiary/aromatic N) is 1. The minimum Gasteiger partial charge on any atom is -0.376 e. The van der Waals surface area contributed by atoms with Gasteiger partial charge in [-0.1, -0.05) is 36.4 Å². The molecule has 0 spiro atoms. The Labute approximate surface area is 154 Å². The Morgan fingerprint density at radius 1 is 0.960 bits per heavy atom. The third kappa shape index (κ3) is 6.12. The van der Waals surface area contributed by atoms with E-state index >= 15 is 0 Å². The van der Waals surface area contributed by atoms with Crippen molar-refractivity contribution in [3.05, 3.63) is 59.7 Å². The van der Waals surface area contributed by atoms with E-state index in [0.717, 1.165) is 22.5 Å². The molecule has 5 nitrogen and oxygen atoms in total. The molecule has 0 aliphatic heterocycles. The summed E-state index contributed by atoms with van der Waals surface area (Å²) in [5.41, 5.74) is 3.69. The molecular formula is C19H24ClN3O2. The maximum atomic E-state index is 12.2. The van der Waals surface area contributed by atoms with Crippen LogP contribution in [0, 0.1) is 13.8 Å². The smallest absolute Gasteiger partial charge is 0.243 e. The molecule has 25 heavy (non-hydrogen) atoms. The Kier molecular flexibility index (Phi) is 7.95. The average Bonchev–Trinajstić information content (AvgIpc) is 2.57. The highest BCUT2D eigenvalue weighted by atomic mass is 35.5. The lowest BCUT2D eigenvalue weighted by Gasteiger charge is -2.18. The van der Waals surface area contributed by atoms with Gasteiger partial charge in [0.05, 0.1) is 13.1 Å². The van der Waals surface area contributed by atoms with Crippen molar-refractivity contribution in [2.45, 2.75) is 13.8 Å². The number of para-hydroxylation sites is 2. The van der Waals surface area contributed by atoms with Crippen molar-refractivity contribution >= 4 is 35.6 Å². The molecule has 0 aliphatic carbocycles. The van der Waals surface area contributed by atoms with Crippen LogP contribution in [0.4, 0.5) is 11.4 Å². The van der Waals surface area contributed by atoms with Crippen LogP contribution in [-0.4, -0.2) is 36.9 Å². The first-order chi connectivity index (χ1) is 11.5. The van der Waals surface area contributed by atoms with E-state index < -0.39 is 0 Å². The third-order valence-electron chi connectivity index (χ3n) is 3.77. The Morgan fingerprint density at radius 2 is 1.56 bits per heavy atom. The van der Waals surface area contributed by atoms with Gasteiger partial charge in [0.1, 0.15) is 0 Å². The average molecular weight is 362 g/mol. The molecule has 2 N–H and O–H groups in total. The Hall–Kier alpha value is -2.53. The summed E-state index contributed by atoms with van der Waals surface area (Å²) in [5, 5.41) is 5.93. The van der Waals surface area contributed by atoms with Gasteiger partial charge in [0.15, 0.2) is 0 Å². The van der Waals surface area contributed by atoms with Gasteiger partial charge in [-0.05, 0) is 37.1 Å². The fourth-order valence-electron chi connectivity index (χ4n) is 2.36. The SMILES string of the molecule is Cc1cccc(C)c1NC(=O)CN(C)C(=O)CNc1ccccc1.Cl. The number of carbonyl (C=O) groups excluding carboxylic acids is 2. The molecule has 0 heterocycles. The van der Waals surface area contributed by atoms with Crippen LogP contribution in [0.3, 0.4) is 0 Å². The number of nitrogens with one attached hydrogen (secondary N) is 2. The normalized spacial score (nSPS) is 9.72. The lowest BCUT2D eigenvalue weighted by atomic mass is 10.1. The lowest BCUT2D eigenvalue weighted by molar-refractivity contribution is -0.131. The second kappa shape index (κ2) is 9.69. The second-order valence-electron chi connectivity index (χ2n) is 5.78. The summed E-state index contributed by atoms with van der Waals surface area (Å²) in [6.45, 7) is 4.06. The lowest BCUT2D eigenvalue weighted by Crippen LogP contribution is -2.38. The Bertz CT molecular complexity index is 700. The van der Waals surface area contributed by atoms with Crippen LogP contribution in [0.1, 0.15) is 11.1 Å². The molecule has 2 aromatic rings. The molecule has 2 amide bonds. The largest absolute Gasteiger partial charge is 0.376 e. The van der Waals surface area contributed by atoms with Crippen molar-refractivity contribution in [1.29, 1.82) is 0 Å². The fraction of sp³-hybridized carbons (Fsp3) is 0.263. The number of amides is 2. The van der Waals surface area contributed by atoms with E-state index in [1.165, 1.54) is 4.90 Å². The zero-order valence-electron chi connectivity index (χ0n) is 14.7. The molecule has 0 saturated heterocycles. The molecule has 134 valence electrons. The highest BCUT2D eigenvalue weighted by Gasteiger charge is 2.14. The van der Waals surface area contributed by atoms with E-state index in [1.54, 1.807) is 7.05 Å². The molecular weight excluding hydrogens is 338 g/mol. The summed E-state index contributed by atoms with van der Waals surface area (Å²) >= 11 is 0. The number of hydrogen-bond acceptors (Lipinski definition) is 3. The van der Waals surface area contributed by atoms with Crippen LogP contribution in [-0.2, 0) is 9.59 Å². The van der Waals surface area contributed by atoms with Crippen molar-refractivity contribution in [3.63, 3.8) is 0 Å². The van der Waals surface area contributed by atoms with Crippen LogP contribution in [0.25, 0.3) is 0 Å². The first-order valence-electron chi connectivity index (χ1n) is 7.86. The molecule has 0 radical (unpaired) electrons. The van der Waals surface area contributed by atoms with E-state index in [4.69, 9.17) is 0 Å². The molecule has 2 aromatic carbocycles. The number of carbonyl (C=O) groups is 2. The van der Waals surface area contributed by atoms with Crippen LogP contribution in [0.15, 0.2) is 48.5 Å². The van der Waals surface area contributed by atoms with Crippen LogP contribution in [0.2, 0.25) is 0 Å². The van der Waals surface area contributed by atoms with E-state index in [2.05, 4.69) is 10.6 Å². The quantitative estimate of drug-likeness (QED) is 0.830. The van der Waals surface area contributed by atoms with E-state index in [-0.39, 0.29) is 37.3 Å². The van der Waals surface area contributed by atoms with Gasteiger partial charge in [0.2, 0.25) is 11.8 Å². The van der Waals surface area contributed by atoms with Crippen LogP contribution in [0.5, 0.6) is 0 Å². The van der Waals surface area contributed by atoms with Gasteiger partial charge in [-0.2, -0.15) is 0 Å². The Balaban J connectivity index is 0.00000312. The monoisotopic (exact) mass is 361 g/mol. The van der Waals surface area contributed by atoms with Crippen LogP contribution < -0.4 is 10.6 Å². The zero-order valence-corrected chi connectivity index (χ0v) is 15.5. The van der Waals surface area contributed by atoms with Gasteiger partial charge < -0.3 is 15.5 Å². The standard InChI is InChI=1S/C19H23N3O2.ClH/c1-14-8-7-9-15(2)19(14)21-17(23)13-22(3)18(24)12-20-16-10-5-4-6-11-16;/h4-11,20H,12-13H2,1-3H3,(H,21,23);1H. The fourth-order valence-corrected chi connectivity index (χ4v) is 2.36. The number of hydrogen-bond donors (Lipinski definition) is 2. The van der Waals surface area contributed by atoms with Gasteiger partial charge in [-0.15, -0.1) is 12.4 Å². The molecule has 2 rings (SSSR count). The van der Waals surface area contributed by atoms with Gasteiger partial charge in [0, 0.05) is 18.4 Å². The molecule has 0 bridgehead atoms. The Morgan fingerprint density at radius 3 is 2.16 bits per heavy atom. The number of anilines is 2. The van der Waals surface area contributed by atoms with E-state index in [1.807, 2.05) is 62.4 Å². The topological polar surface area (TPSA) is 61.4 Å². The van der Waals surface area contributed by atoms with Gasteiger partial charge >= 0.3 is 0 Å². The van der Waals surface area contributed by atoms with Crippen molar-refractivity contribution in [1.82, 2.24) is 4.90 Å². The van der Waals surface area contributed by atoms with Crippen molar-refractivity contribution in [2.24, 2.45) is 0 Å². The molecule has 0 fully saturated rings. The number of halogens is 1. The zero-order chi connectivity index (χ0) is 17.5. The summed E-state index contributed by atoms with van der Waals surface area (Å²) in [6, 6.07) is 15.3. The van der Waals surface area contributed by atoms with Crippen LogP contribution >= 0.6 is 12.4 Å². The molecule has 0 saturated carbocycles. The summed E-state index contributed by atoms with van der Waals surface area (Å²) in [6.07, 6.45) is 0. The summed E-state index contributed by atoms with van der Waals surface area (Å²) in [5.74, 6) is -0.349.